The number of rotatable bonds is 3. The van der Waals surface area contributed by atoms with Crippen LogP contribution < -0.4 is 0 Å². The highest BCUT2D eigenvalue weighted by Gasteiger charge is 2.14. The summed E-state index contributed by atoms with van der Waals surface area (Å²) in [6.45, 7) is 0.279. The zero-order valence-electron chi connectivity index (χ0n) is 6.36. The quantitative estimate of drug-likeness (QED) is 0.463. The van der Waals surface area contributed by atoms with Gasteiger partial charge in [-0.15, -0.1) is 10.1 Å². The van der Waals surface area contributed by atoms with Crippen molar-refractivity contribution in [3.05, 3.63) is 16.5 Å². The molecule has 1 fully saturated rings. The smallest absolute Gasteiger partial charge is 0.294 e. The fraction of sp³-hybridized carbons (Fsp3) is 0.857. The van der Waals surface area contributed by atoms with Crippen molar-refractivity contribution in [1.82, 2.24) is 0 Å². The lowest BCUT2D eigenvalue weighted by Crippen LogP contribution is -2.15. The molecule has 4 heteroatoms. The minimum atomic E-state index is -0.710. The van der Waals surface area contributed by atoms with Gasteiger partial charge in [0.25, 0.3) is 5.09 Å². The van der Waals surface area contributed by atoms with E-state index in [2.05, 4.69) is 11.3 Å². The molecule has 0 N–H and O–H groups in total. The molecule has 63 valence electrons. The molecule has 0 unspecified atom stereocenters. The fourth-order valence-corrected chi connectivity index (χ4v) is 1.33. The molecule has 0 heterocycles. The third-order valence-corrected chi connectivity index (χ3v) is 1.97. The SMILES string of the molecule is O=[N+]([O-])OCC1CC[CH]CC1. The lowest BCUT2D eigenvalue weighted by molar-refractivity contribution is -0.759. The van der Waals surface area contributed by atoms with Crippen molar-refractivity contribution in [3.63, 3.8) is 0 Å². The van der Waals surface area contributed by atoms with Gasteiger partial charge in [0.15, 0.2) is 0 Å². The summed E-state index contributed by atoms with van der Waals surface area (Å²) in [5.74, 6) is 0.394. The molecule has 0 spiro atoms. The summed E-state index contributed by atoms with van der Waals surface area (Å²) in [4.78, 5) is 14.1. The van der Waals surface area contributed by atoms with Crippen molar-refractivity contribution in [3.8, 4) is 0 Å². The van der Waals surface area contributed by atoms with Gasteiger partial charge in [-0.25, -0.2) is 0 Å². The molecular formula is C7H12NO3. The average Bonchev–Trinajstić information content (AvgIpc) is 2.03. The van der Waals surface area contributed by atoms with Crippen LogP contribution in [-0.4, -0.2) is 11.7 Å². The first-order valence-electron chi connectivity index (χ1n) is 3.88. The van der Waals surface area contributed by atoms with Crippen molar-refractivity contribution in [1.29, 1.82) is 0 Å². The van der Waals surface area contributed by atoms with Crippen LogP contribution in [0.4, 0.5) is 0 Å². The lowest BCUT2D eigenvalue weighted by Gasteiger charge is -2.19. The van der Waals surface area contributed by atoms with Gasteiger partial charge in [0.2, 0.25) is 0 Å². The van der Waals surface area contributed by atoms with Crippen LogP contribution in [-0.2, 0) is 4.84 Å². The van der Waals surface area contributed by atoms with Crippen LogP contribution in [0.2, 0.25) is 0 Å². The largest absolute Gasteiger partial charge is 0.314 e. The molecule has 4 nitrogen and oxygen atoms in total. The van der Waals surface area contributed by atoms with Crippen LogP contribution in [0.15, 0.2) is 0 Å². The van der Waals surface area contributed by atoms with Crippen molar-refractivity contribution < 1.29 is 9.92 Å². The number of nitrogens with zero attached hydrogens (tertiary/aromatic N) is 1. The van der Waals surface area contributed by atoms with Crippen molar-refractivity contribution in [2.45, 2.75) is 25.7 Å². The zero-order chi connectivity index (χ0) is 8.10. The molecule has 0 aliphatic heterocycles. The second-order valence-corrected chi connectivity index (χ2v) is 2.83. The standard InChI is InChI=1S/C7H12NO3/c9-8(10)11-6-7-4-2-1-3-5-7/h1,7H,2-6H2. The molecule has 1 aliphatic rings. The molecule has 0 aromatic heterocycles. The summed E-state index contributed by atoms with van der Waals surface area (Å²) in [7, 11) is 0. The van der Waals surface area contributed by atoms with Crippen LogP contribution in [0.1, 0.15) is 25.7 Å². The fourth-order valence-electron chi connectivity index (χ4n) is 1.33. The van der Waals surface area contributed by atoms with Crippen LogP contribution in [0.5, 0.6) is 0 Å². The predicted molar refractivity (Wildman–Crippen MR) is 39.2 cm³/mol. The van der Waals surface area contributed by atoms with E-state index in [0.717, 1.165) is 25.7 Å². The van der Waals surface area contributed by atoms with Crippen LogP contribution >= 0.6 is 0 Å². The van der Waals surface area contributed by atoms with Crippen LogP contribution in [0.25, 0.3) is 0 Å². The van der Waals surface area contributed by atoms with E-state index in [9.17, 15) is 10.1 Å². The second kappa shape index (κ2) is 4.16. The van der Waals surface area contributed by atoms with Gasteiger partial charge >= 0.3 is 0 Å². The summed E-state index contributed by atoms with van der Waals surface area (Å²) in [5.41, 5.74) is 0. The Labute approximate surface area is 65.6 Å². The van der Waals surface area contributed by atoms with E-state index in [1.54, 1.807) is 0 Å². The van der Waals surface area contributed by atoms with Gasteiger partial charge in [0, 0.05) is 0 Å². The lowest BCUT2D eigenvalue weighted by atomic mass is 9.90. The minimum absolute atomic E-state index is 0.279. The van der Waals surface area contributed by atoms with E-state index in [-0.39, 0.29) is 6.61 Å². The van der Waals surface area contributed by atoms with Crippen molar-refractivity contribution >= 4 is 0 Å². The number of hydrogen-bond acceptors (Lipinski definition) is 3. The van der Waals surface area contributed by atoms with Crippen molar-refractivity contribution in [2.75, 3.05) is 6.61 Å². The topological polar surface area (TPSA) is 52.4 Å². The van der Waals surface area contributed by atoms with E-state index >= 15 is 0 Å². The van der Waals surface area contributed by atoms with Crippen LogP contribution in [0.3, 0.4) is 0 Å². The third-order valence-electron chi connectivity index (χ3n) is 1.97. The summed E-state index contributed by atoms with van der Waals surface area (Å²) < 4.78 is 0. The Balaban J connectivity index is 2.09. The van der Waals surface area contributed by atoms with E-state index in [0.29, 0.717) is 5.92 Å². The Bertz CT molecular complexity index is 132. The van der Waals surface area contributed by atoms with E-state index in [1.807, 2.05) is 0 Å². The van der Waals surface area contributed by atoms with Crippen LogP contribution in [0, 0.1) is 22.5 Å². The molecular weight excluding hydrogens is 146 g/mol. The molecule has 0 aromatic carbocycles. The normalized spacial score (nSPS) is 19.6. The molecule has 0 amide bonds. The molecule has 0 aromatic rings. The van der Waals surface area contributed by atoms with Gasteiger partial charge in [-0.3, -0.25) is 0 Å². The summed E-state index contributed by atoms with van der Waals surface area (Å²) in [6, 6.07) is 0. The molecule has 1 radical (unpaired) electrons. The first-order chi connectivity index (χ1) is 5.29. The Morgan fingerprint density at radius 3 is 2.73 bits per heavy atom. The summed E-state index contributed by atoms with van der Waals surface area (Å²) in [6.07, 6.45) is 6.45. The van der Waals surface area contributed by atoms with Gasteiger partial charge in [0.1, 0.15) is 0 Å². The van der Waals surface area contributed by atoms with E-state index in [1.165, 1.54) is 0 Å². The highest BCUT2D eigenvalue weighted by molar-refractivity contribution is 4.75. The predicted octanol–water partition coefficient (Wildman–Crippen LogP) is 1.59. The number of hydrogen-bond donors (Lipinski definition) is 0. The van der Waals surface area contributed by atoms with E-state index in [4.69, 9.17) is 0 Å². The first-order valence-corrected chi connectivity index (χ1v) is 3.88. The molecule has 1 aliphatic carbocycles. The Morgan fingerprint density at radius 1 is 1.55 bits per heavy atom. The van der Waals surface area contributed by atoms with E-state index < -0.39 is 5.09 Å². The molecule has 0 bridgehead atoms. The monoisotopic (exact) mass is 158 g/mol. The highest BCUT2D eigenvalue weighted by atomic mass is 16.9. The second-order valence-electron chi connectivity index (χ2n) is 2.83. The van der Waals surface area contributed by atoms with Gasteiger partial charge in [0.05, 0.1) is 6.61 Å². The highest BCUT2D eigenvalue weighted by Crippen LogP contribution is 2.22. The van der Waals surface area contributed by atoms with Gasteiger partial charge in [-0.05, 0) is 38.0 Å². The summed E-state index contributed by atoms with van der Waals surface area (Å²) in [5, 5.41) is 9.11. The third kappa shape index (κ3) is 3.20. The van der Waals surface area contributed by atoms with Gasteiger partial charge < -0.3 is 4.84 Å². The first kappa shape index (κ1) is 8.30. The Kier molecular flexibility index (Phi) is 3.14. The maximum atomic E-state index is 9.82. The molecule has 0 saturated heterocycles. The van der Waals surface area contributed by atoms with Gasteiger partial charge in [-0.1, -0.05) is 0 Å². The van der Waals surface area contributed by atoms with Crippen molar-refractivity contribution in [2.24, 2.45) is 5.92 Å². The Morgan fingerprint density at radius 2 is 2.18 bits per heavy atom. The Hall–Kier alpha value is -0.800. The zero-order valence-corrected chi connectivity index (χ0v) is 6.36. The maximum Gasteiger partial charge on any atom is 0.294 e. The molecule has 11 heavy (non-hydrogen) atoms. The summed E-state index contributed by atoms with van der Waals surface area (Å²) >= 11 is 0. The maximum absolute atomic E-state index is 9.82. The molecule has 1 saturated carbocycles. The average molecular weight is 158 g/mol. The minimum Gasteiger partial charge on any atom is -0.314 e. The molecule has 0 atom stereocenters. The molecule has 1 rings (SSSR count). The van der Waals surface area contributed by atoms with Gasteiger partial charge in [-0.2, -0.15) is 0 Å².